The number of benzene rings is 1. The highest BCUT2D eigenvalue weighted by Crippen LogP contribution is 2.04. The maximum Gasteiger partial charge on any atom is 0.231 e. The van der Waals surface area contributed by atoms with E-state index < -0.39 is 18.2 Å². The number of rotatable bonds is 3. The second-order valence-electron chi connectivity index (χ2n) is 2.78. The Bertz CT molecular complexity index is 325. The van der Waals surface area contributed by atoms with E-state index in [1.807, 2.05) is 6.92 Å². The Morgan fingerprint density at radius 2 is 1.77 bits per heavy atom. The summed E-state index contributed by atoms with van der Waals surface area (Å²) in [5.41, 5.74) is 1.35. The molecule has 0 saturated heterocycles. The zero-order valence-electron chi connectivity index (χ0n) is 7.28. The Morgan fingerprint density at radius 3 is 2.23 bits per heavy atom. The van der Waals surface area contributed by atoms with E-state index in [4.69, 9.17) is 5.11 Å². The van der Waals surface area contributed by atoms with Gasteiger partial charge in [-0.3, -0.25) is 9.59 Å². The maximum atomic E-state index is 11.2. The molecule has 1 N–H and O–H groups in total. The summed E-state index contributed by atoms with van der Waals surface area (Å²) < 4.78 is 0. The van der Waals surface area contributed by atoms with E-state index in [9.17, 15) is 9.59 Å². The van der Waals surface area contributed by atoms with Gasteiger partial charge in [0.2, 0.25) is 11.6 Å². The number of hydrogen-bond donors (Lipinski definition) is 1. The minimum absolute atomic E-state index is 0.324. The lowest BCUT2D eigenvalue weighted by Crippen LogP contribution is -2.17. The molecular weight excluding hydrogens is 168 g/mol. The number of aliphatic hydroxyl groups excluding tert-OH is 1. The van der Waals surface area contributed by atoms with Crippen LogP contribution in [0.5, 0.6) is 0 Å². The predicted molar refractivity (Wildman–Crippen MR) is 47.6 cm³/mol. The van der Waals surface area contributed by atoms with Crippen LogP contribution in [0.4, 0.5) is 0 Å². The Labute approximate surface area is 76.0 Å². The summed E-state index contributed by atoms with van der Waals surface area (Å²) in [5.74, 6) is -1.41. The molecule has 0 fully saturated rings. The monoisotopic (exact) mass is 178 g/mol. The van der Waals surface area contributed by atoms with E-state index >= 15 is 0 Å². The Morgan fingerprint density at radius 1 is 1.23 bits per heavy atom. The van der Waals surface area contributed by atoms with Gasteiger partial charge in [-0.15, -0.1) is 0 Å². The Hall–Kier alpha value is -1.48. The molecule has 1 rings (SSSR count). The molecule has 0 bridgehead atoms. The highest BCUT2D eigenvalue weighted by Gasteiger charge is 2.13. The molecule has 0 spiro atoms. The number of carbonyl (C=O) groups is 2. The van der Waals surface area contributed by atoms with Crippen LogP contribution in [0.3, 0.4) is 0 Å². The standard InChI is InChI=1S/C10H10O3/c1-7-2-4-8(5-3-7)10(13)9(12)6-11/h2-5,11H,6H2,1H3. The minimum Gasteiger partial charge on any atom is -0.388 e. The Kier molecular flexibility index (Phi) is 2.93. The van der Waals surface area contributed by atoms with Gasteiger partial charge in [0.15, 0.2) is 0 Å². The van der Waals surface area contributed by atoms with Crippen molar-refractivity contribution in [2.75, 3.05) is 6.61 Å². The molecule has 3 heteroatoms. The lowest BCUT2D eigenvalue weighted by atomic mass is 10.1. The molecule has 3 nitrogen and oxygen atoms in total. The summed E-state index contributed by atoms with van der Waals surface area (Å²) in [5, 5.41) is 8.45. The van der Waals surface area contributed by atoms with E-state index in [2.05, 4.69) is 0 Å². The summed E-state index contributed by atoms with van der Waals surface area (Å²) in [4.78, 5) is 22.0. The molecule has 0 unspecified atom stereocenters. The van der Waals surface area contributed by atoms with E-state index in [0.29, 0.717) is 5.56 Å². The van der Waals surface area contributed by atoms with Gasteiger partial charge in [-0.05, 0) is 6.92 Å². The van der Waals surface area contributed by atoms with Crippen molar-refractivity contribution in [3.8, 4) is 0 Å². The van der Waals surface area contributed by atoms with Crippen LogP contribution in [0.15, 0.2) is 24.3 Å². The van der Waals surface area contributed by atoms with Gasteiger partial charge < -0.3 is 5.11 Å². The predicted octanol–water partition coefficient (Wildman–Crippen LogP) is 0.739. The SMILES string of the molecule is Cc1ccc(C(=O)C(=O)CO)cc1. The molecule has 0 aliphatic carbocycles. The fourth-order valence-corrected chi connectivity index (χ4v) is 0.938. The molecule has 0 amide bonds. The fourth-order valence-electron chi connectivity index (χ4n) is 0.938. The van der Waals surface area contributed by atoms with Crippen molar-refractivity contribution in [1.29, 1.82) is 0 Å². The number of Topliss-reactive ketones (excluding diaryl/α,β-unsaturated/α-hetero) is 2. The van der Waals surface area contributed by atoms with Gasteiger partial charge in [0.1, 0.15) is 6.61 Å². The van der Waals surface area contributed by atoms with Crippen molar-refractivity contribution in [3.05, 3.63) is 35.4 Å². The smallest absolute Gasteiger partial charge is 0.231 e. The molecule has 0 heterocycles. The van der Waals surface area contributed by atoms with Gasteiger partial charge >= 0.3 is 0 Å². The summed E-state index contributed by atoms with van der Waals surface area (Å²) >= 11 is 0. The second-order valence-corrected chi connectivity index (χ2v) is 2.78. The number of carbonyl (C=O) groups excluding carboxylic acids is 2. The van der Waals surface area contributed by atoms with Crippen LogP contribution in [0.1, 0.15) is 15.9 Å². The summed E-state index contributed by atoms with van der Waals surface area (Å²) in [6.45, 7) is 1.16. The third kappa shape index (κ3) is 2.23. The molecule has 0 aliphatic heterocycles. The molecule has 68 valence electrons. The van der Waals surface area contributed by atoms with E-state index in [1.165, 1.54) is 0 Å². The summed E-state index contributed by atoms with van der Waals surface area (Å²) in [6, 6.07) is 6.65. The average Bonchev–Trinajstić information content (AvgIpc) is 2.17. The van der Waals surface area contributed by atoms with Gasteiger partial charge in [-0.1, -0.05) is 29.8 Å². The van der Waals surface area contributed by atoms with Gasteiger partial charge in [0, 0.05) is 5.56 Å². The molecule has 0 aliphatic rings. The van der Waals surface area contributed by atoms with Crippen molar-refractivity contribution < 1.29 is 14.7 Å². The number of hydrogen-bond acceptors (Lipinski definition) is 3. The third-order valence-electron chi connectivity index (χ3n) is 1.71. The van der Waals surface area contributed by atoms with Gasteiger partial charge in [0.25, 0.3) is 0 Å². The first-order valence-corrected chi connectivity index (χ1v) is 3.90. The summed E-state index contributed by atoms with van der Waals surface area (Å²) in [6.07, 6.45) is 0. The zero-order chi connectivity index (χ0) is 9.84. The molecule has 1 aromatic carbocycles. The molecule has 13 heavy (non-hydrogen) atoms. The van der Waals surface area contributed by atoms with Gasteiger partial charge in [-0.2, -0.15) is 0 Å². The first-order valence-electron chi connectivity index (χ1n) is 3.90. The second kappa shape index (κ2) is 3.96. The maximum absolute atomic E-state index is 11.2. The van der Waals surface area contributed by atoms with Crippen LogP contribution in [0, 0.1) is 6.92 Å². The van der Waals surface area contributed by atoms with Gasteiger partial charge in [-0.25, -0.2) is 0 Å². The van der Waals surface area contributed by atoms with Crippen LogP contribution in [-0.4, -0.2) is 23.3 Å². The van der Waals surface area contributed by atoms with Crippen molar-refractivity contribution in [1.82, 2.24) is 0 Å². The van der Waals surface area contributed by atoms with E-state index in [0.717, 1.165) is 5.56 Å². The van der Waals surface area contributed by atoms with E-state index in [1.54, 1.807) is 24.3 Å². The third-order valence-corrected chi connectivity index (χ3v) is 1.71. The fraction of sp³-hybridized carbons (Fsp3) is 0.200. The van der Waals surface area contributed by atoms with Crippen LogP contribution in [0.25, 0.3) is 0 Å². The van der Waals surface area contributed by atoms with Crippen LogP contribution in [0.2, 0.25) is 0 Å². The normalized spacial score (nSPS) is 9.69. The quantitative estimate of drug-likeness (QED) is 0.548. The van der Waals surface area contributed by atoms with Crippen molar-refractivity contribution in [2.45, 2.75) is 6.92 Å². The lowest BCUT2D eigenvalue weighted by Gasteiger charge is -1.97. The Balaban J connectivity index is 2.90. The molecular formula is C10H10O3. The average molecular weight is 178 g/mol. The topological polar surface area (TPSA) is 54.4 Å². The van der Waals surface area contributed by atoms with Crippen LogP contribution >= 0.6 is 0 Å². The first-order chi connectivity index (χ1) is 6.15. The van der Waals surface area contributed by atoms with Crippen LogP contribution in [-0.2, 0) is 4.79 Å². The van der Waals surface area contributed by atoms with Crippen molar-refractivity contribution in [2.24, 2.45) is 0 Å². The summed E-state index contributed by atoms with van der Waals surface area (Å²) in [7, 11) is 0. The molecule has 0 atom stereocenters. The highest BCUT2D eigenvalue weighted by atomic mass is 16.3. The van der Waals surface area contributed by atoms with Crippen LogP contribution < -0.4 is 0 Å². The van der Waals surface area contributed by atoms with E-state index in [-0.39, 0.29) is 0 Å². The molecule has 0 radical (unpaired) electrons. The molecule has 1 aromatic rings. The lowest BCUT2D eigenvalue weighted by molar-refractivity contribution is -0.117. The minimum atomic E-state index is -0.774. The number of aryl methyl sites for hydroxylation is 1. The number of aliphatic hydroxyl groups is 1. The zero-order valence-corrected chi connectivity index (χ0v) is 7.28. The van der Waals surface area contributed by atoms with Gasteiger partial charge in [0.05, 0.1) is 0 Å². The molecule has 0 saturated carbocycles. The molecule has 0 aromatic heterocycles. The largest absolute Gasteiger partial charge is 0.388 e. The van der Waals surface area contributed by atoms with Crippen molar-refractivity contribution >= 4 is 11.6 Å². The van der Waals surface area contributed by atoms with Crippen molar-refractivity contribution in [3.63, 3.8) is 0 Å². The highest BCUT2D eigenvalue weighted by molar-refractivity contribution is 6.44. The first kappa shape index (κ1) is 9.61. The number of ketones is 2.